The van der Waals surface area contributed by atoms with Crippen molar-refractivity contribution >= 4 is 27.5 Å². The van der Waals surface area contributed by atoms with Gasteiger partial charge < -0.3 is 10.6 Å². The summed E-state index contributed by atoms with van der Waals surface area (Å²) in [6.07, 6.45) is 0.960. The number of hydrogen-bond acceptors (Lipinski definition) is 2. The molecule has 0 radical (unpaired) electrons. The fraction of sp³-hybridized carbons (Fsp3) is 0.417. The van der Waals surface area contributed by atoms with Gasteiger partial charge in [0.1, 0.15) is 0 Å². The van der Waals surface area contributed by atoms with Crippen molar-refractivity contribution in [3.8, 4) is 0 Å². The molecule has 88 valence electrons. The van der Waals surface area contributed by atoms with Gasteiger partial charge in [-0.3, -0.25) is 4.79 Å². The molecule has 0 saturated heterocycles. The lowest BCUT2D eigenvalue weighted by Crippen LogP contribution is -2.30. The number of nitrogens with one attached hydrogen (secondary N) is 2. The van der Waals surface area contributed by atoms with Gasteiger partial charge in [0, 0.05) is 16.7 Å². The van der Waals surface area contributed by atoms with Crippen LogP contribution in [0.2, 0.25) is 0 Å². The minimum atomic E-state index is 0.0264. The summed E-state index contributed by atoms with van der Waals surface area (Å²) in [5.41, 5.74) is 2.13. The standard InChI is InChI=1S/C12H17BrN2O/c1-3-6-14-12(16)8-15-10-5-4-9(2)11(13)7-10/h4-5,7,15H,3,6,8H2,1-2H3,(H,14,16). The Hall–Kier alpha value is -1.03. The van der Waals surface area contributed by atoms with E-state index in [4.69, 9.17) is 0 Å². The van der Waals surface area contributed by atoms with Crippen LogP contribution in [0.1, 0.15) is 18.9 Å². The summed E-state index contributed by atoms with van der Waals surface area (Å²) < 4.78 is 1.05. The van der Waals surface area contributed by atoms with Crippen molar-refractivity contribution in [1.29, 1.82) is 0 Å². The molecule has 0 fully saturated rings. The molecule has 0 aliphatic carbocycles. The summed E-state index contributed by atoms with van der Waals surface area (Å²) in [5, 5.41) is 5.89. The molecule has 0 spiro atoms. The van der Waals surface area contributed by atoms with Gasteiger partial charge in [-0.25, -0.2) is 0 Å². The molecule has 0 unspecified atom stereocenters. The molecule has 0 aliphatic heterocycles. The number of rotatable bonds is 5. The lowest BCUT2D eigenvalue weighted by atomic mass is 10.2. The highest BCUT2D eigenvalue weighted by Crippen LogP contribution is 2.20. The Morgan fingerprint density at radius 1 is 1.44 bits per heavy atom. The highest BCUT2D eigenvalue weighted by molar-refractivity contribution is 9.10. The number of hydrogen-bond donors (Lipinski definition) is 2. The van der Waals surface area contributed by atoms with Crippen LogP contribution in [0, 0.1) is 6.92 Å². The van der Waals surface area contributed by atoms with E-state index in [-0.39, 0.29) is 5.91 Å². The van der Waals surface area contributed by atoms with Gasteiger partial charge in [-0.05, 0) is 31.0 Å². The molecular weight excluding hydrogens is 268 g/mol. The van der Waals surface area contributed by atoms with E-state index in [0.29, 0.717) is 6.54 Å². The molecule has 1 aromatic carbocycles. The Morgan fingerprint density at radius 3 is 2.81 bits per heavy atom. The van der Waals surface area contributed by atoms with Crippen LogP contribution in [0.5, 0.6) is 0 Å². The summed E-state index contributed by atoms with van der Waals surface area (Å²) >= 11 is 3.45. The molecule has 2 N–H and O–H groups in total. The van der Waals surface area contributed by atoms with E-state index < -0.39 is 0 Å². The zero-order chi connectivity index (χ0) is 12.0. The number of carbonyl (C=O) groups is 1. The third-order valence-corrected chi connectivity index (χ3v) is 3.05. The van der Waals surface area contributed by atoms with Gasteiger partial charge in [0.25, 0.3) is 0 Å². The minimum Gasteiger partial charge on any atom is -0.376 e. The topological polar surface area (TPSA) is 41.1 Å². The van der Waals surface area contributed by atoms with Crippen molar-refractivity contribution in [1.82, 2.24) is 5.32 Å². The Bertz CT molecular complexity index is 366. The second-order valence-corrected chi connectivity index (χ2v) is 4.52. The van der Waals surface area contributed by atoms with Crippen molar-refractivity contribution in [2.45, 2.75) is 20.3 Å². The molecule has 1 rings (SSSR count). The maximum absolute atomic E-state index is 11.3. The Kier molecular flexibility index (Phi) is 5.32. The first-order valence-corrected chi connectivity index (χ1v) is 6.19. The van der Waals surface area contributed by atoms with Crippen LogP contribution < -0.4 is 10.6 Å². The third kappa shape index (κ3) is 4.23. The van der Waals surface area contributed by atoms with E-state index in [1.165, 1.54) is 5.56 Å². The zero-order valence-corrected chi connectivity index (χ0v) is 11.2. The number of aryl methyl sites for hydroxylation is 1. The molecule has 3 nitrogen and oxygen atoms in total. The minimum absolute atomic E-state index is 0.0264. The first-order chi connectivity index (χ1) is 7.63. The highest BCUT2D eigenvalue weighted by atomic mass is 79.9. The molecule has 0 aliphatic rings. The molecule has 1 amide bonds. The molecule has 0 bridgehead atoms. The van der Waals surface area contributed by atoms with Gasteiger partial charge in [0.2, 0.25) is 5.91 Å². The van der Waals surface area contributed by atoms with Crippen LogP contribution in [0.25, 0.3) is 0 Å². The largest absolute Gasteiger partial charge is 0.376 e. The summed E-state index contributed by atoms with van der Waals surface area (Å²) in [7, 11) is 0. The second kappa shape index (κ2) is 6.53. The average molecular weight is 285 g/mol. The fourth-order valence-corrected chi connectivity index (χ4v) is 1.59. The summed E-state index contributed by atoms with van der Waals surface area (Å²) in [6, 6.07) is 5.95. The Labute approximate surface area is 105 Å². The predicted octanol–water partition coefficient (Wildman–Crippen LogP) is 2.70. The van der Waals surface area contributed by atoms with Crippen molar-refractivity contribution in [2.75, 3.05) is 18.4 Å². The second-order valence-electron chi connectivity index (χ2n) is 3.67. The van der Waals surface area contributed by atoms with Crippen molar-refractivity contribution < 1.29 is 4.79 Å². The van der Waals surface area contributed by atoms with E-state index in [9.17, 15) is 4.79 Å². The molecule has 16 heavy (non-hydrogen) atoms. The maximum atomic E-state index is 11.3. The lowest BCUT2D eigenvalue weighted by Gasteiger charge is -2.08. The first-order valence-electron chi connectivity index (χ1n) is 5.40. The van der Waals surface area contributed by atoms with Gasteiger partial charge >= 0.3 is 0 Å². The smallest absolute Gasteiger partial charge is 0.239 e. The van der Waals surface area contributed by atoms with Crippen LogP contribution in [0.4, 0.5) is 5.69 Å². The highest BCUT2D eigenvalue weighted by Gasteiger charge is 2.01. The number of anilines is 1. The van der Waals surface area contributed by atoms with Crippen molar-refractivity contribution in [3.63, 3.8) is 0 Å². The molecule has 0 heterocycles. The van der Waals surface area contributed by atoms with Crippen LogP contribution in [0.15, 0.2) is 22.7 Å². The van der Waals surface area contributed by atoms with Crippen LogP contribution in [-0.4, -0.2) is 19.0 Å². The number of carbonyl (C=O) groups excluding carboxylic acids is 1. The zero-order valence-electron chi connectivity index (χ0n) is 9.64. The van der Waals surface area contributed by atoms with Crippen LogP contribution >= 0.6 is 15.9 Å². The van der Waals surface area contributed by atoms with E-state index in [2.05, 4.69) is 26.6 Å². The SMILES string of the molecule is CCCNC(=O)CNc1ccc(C)c(Br)c1. The van der Waals surface area contributed by atoms with E-state index in [1.54, 1.807) is 0 Å². The summed E-state index contributed by atoms with van der Waals surface area (Å²) in [5.74, 6) is 0.0264. The Balaban J connectivity index is 2.42. The predicted molar refractivity (Wildman–Crippen MR) is 70.7 cm³/mol. The van der Waals surface area contributed by atoms with Crippen molar-refractivity contribution in [3.05, 3.63) is 28.2 Å². The number of amides is 1. The first kappa shape index (κ1) is 13.0. The molecule has 0 aromatic heterocycles. The number of benzene rings is 1. The number of halogens is 1. The van der Waals surface area contributed by atoms with Gasteiger partial charge in [-0.2, -0.15) is 0 Å². The van der Waals surface area contributed by atoms with Gasteiger partial charge in [-0.15, -0.1) is 0 Å². The van der Waals surface area contributed by atoms with E-state index in [1.807, 2.05) is 32.0 Å². The quantitative estimate of drug-likeness (QED) is 0.873. The van der Waals surface area contributed by atoms with Crippen LogP contribution in [0.3, 0.4) is 0 Å². The van der Waals surface area contributed by atoms with Crippen molar-refractivity contribution in [2.24, 2.45) is 0 Å². The maximum Gasteiger partial charge on any atom is 0.239 e. The summed E-state index contributed by atoms with van der Waals surface area (Å²) in [6.45, 7) is 5.11. The fourth-order valence-electron chi connectivity index (χ4n) is 1.21. The molecule has 4 heteroatoms. The van der Waals surface area contributed by atoms with Gasteiger partial charge in [-0.1, -0.05) is 28.9 Å². The molecule has 0 atom stereocenters. The molecule has 1 aromatic rings. The Morgan fingerprint density at radius 2 is 2.19 bits per heavy atom. The molecule has 0 saturated carbocycles. The average Bonchev–Trinajstić information content (AvgIpc) is 2.28. The van der Waals surface area contributed by atoms with Crippen LogP contribution in [-0.2, 0) is 4.79 Å². The molecular formula is C12H17BrN2O. The monoisotopic (exact) mass is 284 g/mol. The lowest BCUT2D eigenvalue weighted by molar-refractivity contribution is -0.119. The van der Waals surface area contributed by atoms with E-state index in [0.717, 1.165) is 23.1 Å². The normalized spacial score (nSPS) is 9.94. The van der Waals surface area contributed by atoms with Gasteiger partial charge in [0.15, 0.2) is 0 Å². The van der Waals surface area contributed by atoms with Gasteiger partial charge in [0.05, 0.1) is 6.54 Å². The van der Waals surface area contributed by atoms with E-state index >= 15 is 0 Å². The summed E-state index contributed by atoms with van der Waals surface area (Å²) in [4.78, 5) is 11.3. The third-order valence-electron chi connectivity index (χ3n) is 2.20.